The fourth-order valence-electron chi connectivity index (χ4n) is 3.74. The number of carbonyl (C=O) groups excluding carboxylic acids is 2. The summed E-state index contributed by atoms with van der Waals surface area (Å²) in [6, 6.07) is 16.1. The van der Waals surface area contributed by atoms with Gasteiger partial charge in [-0.1, -0.05) is 30.3 Å². The minimum absolute atomic E-state index is 0.00391. The van der Waals surface area contributed by atoms with Gasteiger partial charge in [0.1, 0.15) is 6.54 Å². The van der Waals surface area contributed by atoms with Gasteiger partial charge in [0, 0.05) is 24.7 Å². The molecule has 0 atom stereocenters. The van der Waals surface area contributed by atoms with E-state index >= 15 is 0 Å². The number of hydrogen-bond acceptors (Lipinski definition) is 4. The molecule has 9 heteroatoms. The smallest absolute Gasteiger partial charge is 0.291 e. The highest BCUT2D eigenvalue weighted by molar-refractivity contribution is 7.99. The van der Waals surface area contributed by atoms with Crippen LogP contribution in [0.15, 0.2) is 59.8 Å². The summed E-state index contributed by atoms with van der Waals surface area (Å²) in [5, 5.41) is 3.15. The number of carbonyl (C=O) groups is 2. The number of thioether (sulfide) groups is 1. The highest BCUT2D eigenvalue weighted by Crippen LogP contribution is 2.28. The number of benzene rings is 2. The molecule has 6 nitrogen and oxygen atoms in total. The third kappa shape index (κ3) is 5.04. The number of nitrogens with one attached hydrogen (secondary N) is 1. The van der Waals surface area contributed by atoms with Crippen LogP contribution in [0, 0.1) is 0 Å². The quantitative estimate of drug-likeness (QED) is 0.588. The fourth-order valence-corrected chi connectivity index (χ4v) is 4.34. The molecule has 0 aliphatic carbocycles. The normalized spacial score (nSPS) is 14.9. The number of halogens is 2. The van der Waals surface area contributed by atoms with Crippen LogP contribution in [0.1, 0.15) is 23.2 Å². The van der Waals surface area contributed by atoms with Crippen molar-refractivity contribution in [3.63, 3.8) is 0 Å². The Morgan fingerprint density at radius 3 is 2.45 bits per heavy atom. The maximum atomic E-state index is 13.0. The SMILES string of the molecule is O=C(NC1CCN(C(=O)Cn2c(SC(F)F)nc3ccccc32)CC1)c1ccccc1. The molecule has 1 aromatic heterocycles. The second-order valence-corrected chi connectivity index (χ2v) is 8.30. The Labute approximate surface area is 182 Å². The summed E-state index contributed by atoms with van der Waals surface area (Å²) in [5.74, 6) is -2.88. The molecule has 1 fully saturated rings. The number of fused-ring (bicyclic) bond motifs is 1. The van der Waals surface area contributed by atoms with E-state index in [4.69, 9.17) is 0 Å². The predicted molar refractivity (Wildman–Crippen MR) is 115 cm³/mol. The Bertz CT molecular complexity index is 1070. The van der Waals surface area contributed by atoms with Crippen molar-refractivity contribution in [2.24, 2.45) is 0 Å². The zero-order valence-electron chi connectivity index (χ0n) is 16.7. The molecule has 2 amide bonds. The summed E-state index contributed by atoms with van der Waals surface area (Å²) in [4.78, 5) is 31.2. The van der Waals surface area contributed by atoms with Crippen LogP contribution in [0.4, 0.5) is 8.78 Å². The van der Waals surface area contributed by atoms with Gasteiger partial charge in [0.25, 0.3) is 11.7 Å². The van der Waals surface area contributed by atoms with E-state index in [1.807, 2.05) is 18.2 Å². The highest BCUT2D eigenvalue weighted by Gasteiger charge is 2.26. The van der Waals surface area contributed by atoms with Crippen molar-refractivity contribution in [1.29, 1.82) is 0 Å². The maximum Gasteiger partial charge on any atom is 0.291 e. The van der Waals surface area contributed by atoms with E-state index < -0.39 is 5.76 Å². The van der Waals surface area contributed by atoms with Crippen LogP contribution in [0.3, 0.4) is 0 Å². The first-order valence-corrected chi connectivity index (χ1v) is 10.9. The van der Waals surface area contributed by atoms with Crippen LogP contribution in [0.25, 0.3) is 11.0 Å². The van der Waals surface area contributed by atoms with E-state index in [1.54, 1.807) is 45.9 Å². The van der Waals surface area contributed by atoms with E-state index in [0.29, 0.717) is 54.3 Å². The van der Waals surface area contributed by atoms with Crippen LogP contribution >= 0.6 is 11.8 Å². The van der Waals surface area contributed by atoms with Crippen molar-refractivity contribution in [3.05, 3.63) is 60.2 Å². The first-order valence-electron chi connectivity index (χ1n) is 10.0. The molecule has 2 heterocycles. The molecule has 162 valence electrons. The summed E-state index contributed by atoms with van der Waals surface area (Å²) in [6.07, 6.45) is 1.29. The molecule has 0 radical (unpaired) electrons. The molecule has 4 rings (SSSR count). The lowest BCUT2D eigenvalue weighted by Crippen LogP contribution is -2.47. The Kier molecular flexibility index (Phi) is 6.50. The second kappa shape index (κ2) is 9.47. The lowest BCUT2D eigenvalue weighted by atomic mass is 10.0. The number of hydrogen-bond donors (Lipinski definition) is 1. The third-order valence-corrected chi connectivity index (χ3v) is 6.03. The van der Waals surface area contributed by atoms with Crippen molar-refractivity contribution in [2.75, 3.05) is 13.1 Å². The van der Waals surface area contributed by atoms with Gasteiger partial charge in [-0.05, 0) is 48.9 Å². The lowest BCUT2D eigenvalue weighted by Gasteiger charge is -2.32. The van der Waals surface area contributed by atoms with Crippen LogP contribution in [0.2, 0.25) is 0 Å². The topological polar surface area (TPSA) is 67.2 Å². The van der Waals surface area contributed by atoms with Crippen molar-refractivity contribution in [1.82, 2.24) is 19.8 Å². The molecule has 2 aromatic carbocycles. The Balaban J connectivity index is 1.38. The molecule has 0 saturated carbocycles. The average Bonchev–Trinajstić information content (AvgIpc) is 3.11. The fraction of sp³-hybridized carbons (Fsp3) is 0.318. The standard InChI is InChI=1S/C22H22F2N4O2S/c23-21(24)31-22-26-17-8-4-5-9-18(17)28(22)14-19(29)27-12-10-16(11-13-27)25-20(30)15-6-2-1-3-7-15/h1-9,16,21H,10-14H2,(H,25,30). The molecule has 1 aliphatic heterocycles. The van der Waals surface area contributed by atoms with Crippen molar-refractivity contribution in [3.8, 4) is 0 Å². The molecule has 1 N–H and O–H groups in total. The number of para-hydroxylation sites is 2. The molecular weight excluding hydrogens is 422 g/mol. The van der Waals surface area contributed by atoms with Gasteiger partial charge >= 0.3 is 0 Å². The lowest BCUT2D eigenvalue weighted by molar-refractivity contribution is -0.133. The Morgan fingerprint density at radius 1 is 1.06 bits per heavy atom. The molecule has 0 unspecified atom stereocenters. The van der Waals surface area contributed by atoms with Gasteiger partial charge in [0.15, 0.2) is 5.16 Å². The second-order valence-electron chi connectivity index (χ2n) is 7.34. The number of rotatable bonds is 6. The zero-order valence-corrected chi connectivity index (χ0v) is 17.5. The zero-order chi connectivity index (χ0) is 21.8. The molecule has 31 heavy (non-hydrogen) atoms. The van der Waals surface area contributed by atoms with E-state index in [2.05, 4.69) is 10.3 Å². The van der Waals surface area contributed by atoms with Gasteiger partial charge in [-0.3, -0.25) is 9.59 Å². The number of imidazole rings is 1. The predicted octanol–water partition coefficient (Wildman–Crippen LogP) is 3.77. The first-order chi connectivity index (χ1) is 15.0. The van der Waals surface area contributed by atoms with E-state index in [-0.39, 0.29) is 29.6 Å². The van der Waals surface area contributed by atoms with Crippen LogP contribution in [0.5, 0.6) is 0 Å². The van der Waals surface area contributed by atoms with Gasteiger partial charge in [-0.25, -0.2) is 4.98 Å². The number of piperidine rings is 1. The van der Waals surface area contributed by atoms with Crippen LogP contribution < -0.4 is 5.32 Å². The summed E-state index contributed by atoms with van der Waals surface area (Å²) in [5.41, 5.74) is 1.85. The minimum atomic E-state index is -2.62. The molecule has 1 aliphatic rings. The number of nitrogens with zero attached hydrogens (tertiary/aromatic N) is 3. The van der Waals surface area contributed by atoms with E-state index in [0.717, 1.165) is 0 Å². The van der Waals surface area contributed by atoms with Gasteiger partial charge in [0.05, 0.1) is 11.0 Å². The van der Waals surface area contributed by atoms with E-state index in [1.165, 1.54) is 0 Å². The molecule has 1 saturated heterocycles. The summed E-state index contributed by atoms with van der Waals surface area (Å²) in [7, 11) is 0. The number of alkyl halides is 2. The largest absolute Gasteiger partial charge is 0.349 e. The molecule has 0 bridgehead atoms. The van der Waals surface area contributed by atoms with Gasteiger partial charge in [-0.15, -0.1) is 0 Å². The first kappa shape index (κ1) is 21.3. The average molecular weight is 445 g/mol. The summed E-state index contributed by atoms with van der Waals surface area (Å²) < 4.78 is 27.5. The molecular formula is C22H22F2N4O2S. The molecule has 0 spiro atoms. The van der Waals surface area contributed by atoms with Crippen LogP contribution in [-0.2, 0) is 11.3 Å². The van der Waals surface area contributed by atoms with Gasteiger partial charge < -0.3 is 14.8 Å². The highest BCUT2D eigenvalue weighted by atomic mass is 32.2. The summed E-state index contributed by atoms with van der Waals surface area (Å²) in [6.45, 7) is 0.960. The third-order valence-electron chi connectivity index (χ3n) is 5.33. The van der Waals surface area contributed by atoms with Gasteiger partial charge in [-0.2, -0.15) is 8.78 Å². The monoisotopic (exact) mass is 444 g/mol. The number of aromatic nitrogens is 2. The number of likely N-dealkylation sites (tertiary alicyclic amines) is 1. The minimum Gasteiger partial charge on any atom is -0.349 e. The van der Waals surface area contributed by atoms with Crippen molar-refractivity contribution in [2.45, 2.75) is 36.3 Å². The van der Waals surface area contributed by atoms with Crippen molar-refractivity contribution < 1.29 is 18.4 Å². The maximum absolute atomic E-state index is 13.0. The van der Waals surface area contributed by atoms with Crippen LogP contribution in [-0.4, -0.2) is 51.2 Å². The Hall–Kier alpha value is -2.94. The van der Waals surface area contributed by atoms with Crippen molar-refractivity contribution >= 4 is 34.6 Å². The molecule has 3 aromatic rings. The summed E-state index contributed by atoms with van der Waals surface area (Å²) >= 11 is 0.345. The van der Waals surface area contributed by atoms with E-state index in [9.17, 15) is 18.4 Å². The van der Waals surface area contributed by atoms with Gasteiger partial charge in [0.2, 0.25) is 5.91 Å². The Morgan fingerprint density at radius 2 is 1.74 bits per heavy atom. The number of amides is 2.